The smallest absolute Gasteiger partial charge is 0.129 e. The molecule has 2 aromatic heterocycles. The Morgan fingerprint density at radius 2 is 1.85 bits per heavy atom. The third-order valence-electron chi connectivity index (χ3n) is 5.23. The molecule has 1 aromatic carbocycles. The van der Waals surface area contributed by atoms with E-state index >= 15 is 0 Å². The molecule has 0 amide bonds. The van der Waals surface area contributed by atoms with Gasteiger partial charge in [-0.15, -0.1) is 11.3 Å². The lowest BCUT2D eigenvalue weighted by Gasteiger charge is -2.27. The van der Waals surface area contributed by atoms with Crippen LogP contribution in [0.15, 0.2) is 41.9 Å². The topological polar surface area (TPSA) is 38.2 Å². The predicted octanol–water partition coefficient (Wildman–Crippen LogP) is 4.20. The van der Waals surface area contributed by atoms with E-state index < -0.39 is 0 Å². The predicted molar refractivity (Wildman–Crippen MR) is 106 cm³/mol. The highest BCUT2D eigenvalue weighted by Crippen LogP contribution is 2.32. The summed E-state index contributed by atoms with van der Waals surface area (Å²) in [4.78, 5) is 11.7. The number of anilines is 1. The SMILES string of the molecule is c1cc(-c2nc(-c3ccc4c(c3)CCC4)cs2)cc(N2CCOCC2)n1. The average Bonchev–Trinajstić information content (AvgIpc) is 3.38. The second kappa shape index (κ2) is 6.82. The highest BCUT2D eigenvalue weighted by molar-refractivity contribution is 7.13. The van der Waals surface area contributed by atoms with E-state index in [9.17, 15) is 0 Å². The van der Waals surface area contributed by atoms with Crippen LogP contribution in [0.25, 0.3) is 21.8 Å². The van der Waals surface area contributed by atoms with E-state index in [0.29, 0.717) is 0 Å². The summed E-state index contributed by atoms with van der Waals surface area (Å²) in [6.07, 6.45) is 5.59. The molecule has 0 bridgehead atoms. The number of hydrogen-bond donors (Lipinski definition) is 0. The Labute approximate surface area is 157 Å². The molecule has 5 rings (SSSR count). The lowest BCUT2D eigenvalue weighted by Crippen LogP contribution is -2.36. The van der Waals surface area contributed by atoms with Crippen LogP contribution in [0, 0.1) is 0 Å². The van der Waals surface area contributed by atoms with Gasteiger partial charge in [0.15, 0.2) is 0 Å². The van der Waals surface area contributed by atoms with Gasteiger partial charge in [0.25, 0.3) is 0 Å². The van der Waals surface area contributed by atoms with Gasteiger partial charge in [0.05, 0.1) is 18.9 Å². The normalized spacial score (nSPS) is 16.7. The summed E-state index contributed by atoms with van der Waals surface area (Å²) >= 11 is 1.70. The van der Waals surface area contributed by atoms with Crippen molar-refractivity contribution < 1.29 is 4.74 Å². The molecule has 0 unspecified atom stereocenters. The number of aryl methyl sites for hydroxylation is 2. The molecule has 1 aliphatic carbocycles. The van der Waals surface area contributed by atoms with Crippen LogP contribution < -0.4 is 4.90 Å². The first-order valence-electron chi connectivity index (χ1n) is 9.24. The number of thiazole rings is 1. The first kappa shape index (κ1) is 16.0. The number of ether oxygens (including phenoxy) is 1. The minimum Gasteiger partial charge on any atom is -0.378 e. The number of morpholine rings is 1. The molecular weight excluding hydrogens is 342 g/mol. The van der Waals surface area contributed by atoms with Crippen molar-refractivity contribution in [1.29, 1.82) is 0 Å². The highest BCUT2D eigenvalue weighted by atomic mass is 32.1. The van der Waals surface area contributed by atoms with Crippen molar-refractivity contribution in [3.8, 4) is 21.8 Å². The molecule has 0 atom stereocenters. The molecule has 3 aromatic rings. The van der Waals surface area contributed by atoms with E-state index in [1.54, 1.807) is 11.3 Å². The number of rotatable bonds is 3. The van der Waals surface area contributed by atoms with Gasteiger partial charge in [0.2, 0.25) is 0 Å². The molecule has 2 aliphatic rings. The largest absolute Gasteiger partial charge is 0.378 e. The summed E-state index contributed by atoms with van der Waals surface area (Å²) in [7, 11) is 0. The van der Waals surface area contributed by atoms with Crippen molar-refractivity contribution in [3.05, 3.63) is 53.0 Å². The van der Waals surface area contributed by atoms with E-state index in [1.165, 1.54) is 36.0 Å². The fraction of sp³-hybridized carbons (Fsp3) is 0.333. The maximum Gasteiger partial charge on any atom is 0.129 e. The molecule has 5 heteroatoms. The van der Waals surface area contributed by atoms with Gasteiger partial charge in [0, 0.05) is 35.8 Å². The summed E-state index contributed by atoms with van der Waals surface area (Å²) < 4.78 is 5.44. The number of aromatic nitrogens is 2. The molecule has 0 saturated carbocycles. The molecule has 0 radical (unpaired) electrons. The first-order valence-corrected chi connectivity index (χ1v) is 10.1. The van der Waals surface area contributed by atoms with Crippen LogP contribution in [0.4, 0.5) is 5.82 Å². The van der Waals surface area contributed by atoms with E-state index in [0.717, 1.165) is 48.4 Å². The van der Waals surface area contributed by atoms with Crippen molar-refractivity contribution in [3.63, 3.8) is 0 Å². The molecule has 26 heavy (non-hydrogen) atoms. The zero-order valence-corrected chi connectivity index (χ0v) is 15.5. The van der Waals surface area contributed by atoms with Gasteiger partial charge in [0.1, 0.15) is 10.8 Å². The molecule has 1 fully saturated rings. The van der Waals surface area contributed by atoms with E-state index in [1.807, 2.05) is 6.20 Å². The quantitative estimate of drug-likeness (QED) is 0.699. The van der Waals surface area contributed by atoms with Gasteiger partial charge >= 0.3 is 0 Å². The van der Waals surface area contributed by atoms with Gasteiger partial charge in [-0.2, -0.15) is 0 Å². The third-order valence-corrected chi connectivity index (χ3v) is 6.12. The van der Waals surface area contributed by atoms with Crippen LogP contribution in [0.3, 0.4) is 0 Å². The maximum atomic E-state index is 5.44. The van der Waals surface area contributed by atoms with Crippen molar-refractivity contribution in [1.82, 2.24) is 9.97 Å². The Hall–Kier alpha value is -2.24. The van der Waals surface area contributed by atoms with Crippen LogP contribution in [-0.2, 0) is 17.6 Å². The Kier molecular flexibility index (Phi) is 4.19. The van der Waals surface area contributed by atoms with E-state index in [-0.39, 0.29) is 0 Å². The number of fused-ring (bicyclic) bond motifs is 1. The molecule has 132 valence electrons. The summed E-state index contributed by atoms with van der Waals surface area (Å²) in [5.74, 6) is 1.01. The minimum absolute atomic E-state index is 0.769. The van der Waals surface area contributed by atoms with Gasteiger partial charge in [-0.3, -0.25) is 0 Å². The van der Waals surface area contributed by atoms with Crippen molar-refractivity contribution >= 4 is 17.2 Å². The average molecular weight is 363 g/mol. The first-order chi connectivity index (χ1) is 12.9. The van der Waals surface area contributed by atoms with Crippen LogP contribution in [0.1, 0.15) is 17.5 Å². The second-order valence-electron chi connectivity index (χ2n) is 6.88. The van der Waals surface area contributed by atoms with Gasteiger partial charge in [-0.1, -0.05) is 12.1 Å². The zero-order valence-electron chi connectivity index (χ0n) is 14.6. The fourth-order valence-electron chi connectivity index (χ4n) is 3.79. The fourth-order valence-corrected chi connectivity index (χ4v) is 4.61. The van der Waals surface area contributed by atoms with Gasteiger partial charge in [-0.25, -0.2) is 9.97 Å². The summed E-state index contributed by atoms with van der Waals surface area (Å²) in [6, 6.07) is 11.0. The number of benzene rings is 1. The standard InChI is InChI=1S/C21H21N3OS/c1-2-15-4-5-17(12-16(15)3-1)19-14-26-21(23-19)18-6-7-22-20(13-18)24-8-10-25-11-9-24/h4-7,12-14H,1-3,8-11H2. The number of pyridine rings is 1. The monoisotopic (exact) mass is 363 g/mol. The van der Waals surface area contributed by atoms with Crippen LogP contribution in [-0.4, -0.2) is 36.3 Å². The van der Waals surface area contributed by atoms with E-state index in [2.05, 4.69) is 45.6 Å². The Morgan fingerprint density at radius 1 is 0.962 bits per heavy atom. The molecule has 1 aliphatic heterocycles. The van der Waals surface area contributed by atoms with Crippen LogP contribution in [0.2, 0.25) is 0 Å². The van der Waals surface area contributed by atoms with Crippen molar-refractivity contribution in [2.24, 2.45) is 0 Å². The Bertz CT molecular complexity index is 931. The third kappa shape index (κ3) is 3.02. The van der Waals surface area contributed by atoms with Gasteiger partial charge in [-0.05, 0) is 48.6 Å². The van der Waals surface area contributed by atoms with Crippen LogP contribution in [0.5, 0.6) is 0 Å². The molecule has 3 heterocycles. The van der Waals surface area contributed by atoms with Crippen molar-refractivity contribution in [2.75, 3.05) is 31.2 Å². The summed E-state index contributed by atoms with van der Waals surface area (Å²) in [5.41, 5.74) is 6.45. The summed E-state index contributed by atoms with van der Waals surface area (Å²) in [5, 5.41) is 3.22. The molecule has 0 N–H and O–H groups in total. The van der Waals surface area contributed by atoms with Gasteiger partial charge < -0.3 is 9.64 Å². The lowest BCUT2D eigenvalue weighted by atomic mass is 10.1. The maximum absolute atomic E-state index is 5.44. The molecule has 1 saturated heterocycles. The number of hydrogen-bond acceptors (Lipinski definition) is 5. The molecular formula is C21H21N3OS. The molecule has 0 spiro atoms. The lowest BCUT2D eigenvalue weighted by molar-refractivity contribution is 0.122. The zero-order chi connectivity index (χ0) is 17.3. The van der Waals surface area contributed by atoms with Crippen molar-refractivity contribution in [2.45, 2.75) is 19.3 Å². The second-order valence-corrected chi connectivity index (χ2v) is 7.74. The Morgan fingerprint density at radius 3 is 2.77 bits per heavy atom. The Balaban J connectivity index is 1.43. The highest BCUT2D eigenvalue weighted by Gasteiger charge is 2.15. The minimum atomic E-state index is 0.769. The summed E-state index contributed by atoms with van der Waals surface area (Å²) in [6.45, 7) is 3.33. The molecule has 4 nitrogen and oxygen atoms in total. The van der Waals surface area contributed by atoms with E-state index in [4.69, 9.17) is 9.72 Å². The number of nitrogens with zero attached hydrogens (tertiary/aromatic N) is 3. The van der Waals surface area contributed by atoms with Crippen LogP contribution >= 0.6 is 11.3 Å².